The van der Waals surface area contributed by atoms with Crippen LogP contribution in [0.3, 0.4) is 0 Å². The van der Waals surface area contributed by atoms with Crippen LogP contribution in [0.5, 0.6) is 0 Å². The summed E-state index contributed by atoms with van der Waals surface area (Å²) in [5, 5.41) is 4.59. The summed E-state index contributed by atoms with van der Waals surface area (Å²) in [5.41, 5.74) is 0.432. The first-order valence-corrected chi connectivity index (χ1v) is 7.49. The van der Waals surface area contributed by atoms with E-state index in [0.717, 1.165) is 6.07 Å². The zero-order valence-corrected chi connectivity index (χ0v) is 13.5. The first-order chi connectivity index (χ1) is 11.5. The third kappa shape index (κ3) is 3.72. The first kappa shape index (κ1) is 16.4. The minimum atomic E-state index is -0.874. The van der Waals surface area contributed by atoms with Gasteiger partial charge >= 0.3 is 5.97 Å². The van der Waals surface area contributed by atoms with Gasteiger partial charge in [-0.25, -0.2) is 9.18 Å². The monoisotopic (exact) mass is 366 g/mol. The van der Waals surface area contributed by atoms with Crippen LogP contribution in [0.25, 0.3) is 11.4 Å². The molecule has 5 nitrogen and oxygen atoms in total. The third-order valence-electron chi connectivity index (χ3n) is 3.05. The summed E-state index contributed by atoms with van der Waals surface area (Å²) in [6.07, 6.45) is 0. The van der Waals surface area contributed by atoms with Gasteiger partial charge in [0.1, 0.15) is 5.82 Å². The van der Waals surface area contributed by atoms with E-state index in [1.54, 1.807) is 24.3 Å². The van der Waals surface area contributed by atoms with Crippen LogP contribution in [-0.4, -0.2) is 16.1 Å². The van der Waals surface area contributed by atoms with Crippen LogP contribution in [0.2, 0.25) is 10.0 Å². The molecule has 0 aliphatic carbocycles. The molecular weight excluding hydrogens is 358 g/mol. The van der Waals surface area contributed by atoms with Crippen molar-refractivity contribution in [2.45, 2.75) is 6.61 Å². The number of hydrogen-bond acceptors (Lipinski definition) is 5. The number of aromatic nitrogens is 2. The van der Waals surface area contributed by atoms with Crippen molar-refractivity contribution in [2.75, 3.05) is 0 Å². The van der Waals surface area contributed by atoms with Crippen LogP contribution >= 0.6 is 23.2 Å². The van der Waals surface area contributed by atoms with Crippen LogP contribution in [0, 0.1) is 5.82 Å². The molecule has 8 heteroatoms. The molecule has 0 aliphatic heterocycles. The van der Waals surface area contributed by atoms with E-state index in [1.807, 2.05) is 0 Å². The van der Waals surface area contributed by atoms with Gasteiger partial charge in [0.2, 0.25) is 5.82 Å². The van der Waals surface area contributed by atoms with Gasteiger partial charge < -0.3 is 9.26 Å². The Bertz CT molecular complexity index is 881. The maximum atomic E-state index is 13.6. The average Bonchev–Trinajstić information content (AvgIpc) is 3.04. The van der Waals surface area contributed by atoms with Crippen LogP contribution in [-0.2, 0) is 11.3 Å². The molecule has 0 atom stereocenters. The number of hydrogen-bond donors (Lipinski definition) is 0. The van der Waals surface area contributed by atoms with E-state index in [1.165, 1.54) is 12.1 Å². The van der Waals surface area contributed by atoms with Gasteiger partial charge in [0.15, 0.2) is 6.61 Å². The second-order valence-corrected chi connectivity index (χ2v) is 5.59. The molecule has 0 radical (unpaired) electrons. The number of carbonyl (C=O) groups is 1. The number of esters is 1. The summed E-state index contributed by atoms with van der Waals surface area (Å²) in [7, 11) is 0. The van der Waals surface area contributed by atoms with E-state index in [2.05, 4.69) is 10.1 Å². The number of rotatable bonds is 4. The summed E-state index contributed by atoms with van der Waals surface area (Å²) in [6, 6.07) is 10.4. The van der Waals surface area contributed by atoms with Crippen LogP contribution < -0.4 is 0 Å². The molecule has 122 valence electrons. The standard InChI is InChI=1S/C16H9Cl2FN2O3/c17-10-3-1-9(2-4-10)15-20-14(24-21-15)8-23-16(22)12-7-11(18)5-6-13(12)19/h1-7H,8H2. The molecule has 3 aromatic rings. The van der Waals surface area contributed by atoms with Crippen molar-refractivity contribution in [3.63, 3.8) is 0 Å². The smallest absolute Gasteiger partial charge is 0.341 e. The van der Waals surface area contributed by atoms with Crippen LogP contribution in [0.4, 0.5) is 4.39 Å². The zero-order chi connectivity index (χ0) is 17.1. The van der Waals surface area contributed by atoms with E-state index in [9.17, 15) is 9.18 Å². The van der Waals surface area contributed by atoms with Crippen molar-refractivity contribution < 1.29 is 18.4 Å². The Morgan fingerprint density at radius 1 is 1.12 bits per heavy atom. The molecule has 0 saturated carbocycles. The van der Waals surface area contributed by atoms with Gasteiger partial charge in [-0.05, 0) is 42.5 Å². The maximum absolute atomic E-state index is 13.6. The molecule has 0 bridgehead atoms. The Kier molecular flexibility index (Phi) is 4.78. The maximum Gasteiger partial charge on any atom is 0.341 e. The number of nitrogens with zero attached hydrogens (tertiary/aromatic N) is 2. The van der Waals surface area contributed by atoms with Gasteiger partial charge in [-0.2, -0.15) is 4.98 Å². The molecule has 0 N–H and O–H groups in total. The molecular formula is C16H9Cl2FN2O3. The lowest BCUT2D eigenvalue weighted by atomic mass is 10.2. The molecule has 2 aromatic carbocycles. The van der Waals surface area contributed by atoms with Crippen molar-refractivity contribution >= 4 is 29.2 Å². The third-order valence-corrected chi connectivity index (χ3v) is 3.53. The fourth-order valence-corrected chi connectivity index (χ4v) is 2.19. The second-order valence-electron chi connectivity index (χ2n) is 4.72. The molecule has 1 heterocycles. The van der Waals surface area contributed by atoms with E-state index in [-0.39, 0.29) is 23.1 Å². The molecule has 0 fully saturated rings. The Balaban J connectivity index is 1.68. The summed E-state index contributed by atoms with van der Waals surface area (Å²) < 4.78 is 23.5. The number of ether oxygens (including phenoxy) is 1. The molecule has 0 unspecified atom stereocenters. The molecule has 0 amide bonds. The minimum absolute atomic E-state index is 0.0794. The van der Waals surface area contributed by atoms with Gasteiger partial charge in [0.05, 0.1) is 5.56 Å². The fourth-order valence-electron chi connectivity index (χ4n) is 1.89. The number of halogens is 3. The summed E-state index contributed by atoms with van der Waals surface area (Å²) in [5.74, 6) is -1.19. The summed E-state index contributed by atoms with van der Waals surface area (Å²) >= 11 is 11.5. The van der Waals surface area contributed by atoms with Gasteiger partial charge in [-0.15, -0.1) is 0 Å². The first-order valence-electron chi connectivity index (χ1n) is 6.73. The van der Waals surface area contributed by atoms with Crippen molar-refractivity contribution in [3.8, 4) is 11.4 Å². The van der Waals surface area contributed by atoms with E-state index < -0.39 is 11.8 Å². The average molecular weight is 367 g/mol. The summed E-state index contributed by atoms with van der Waals surface area (Å²) in [6.45, 7) is -0.286. The van der Waals surface area contributed by atoms with E-state index >= 15 is 0 Å². The quantitative estimate of drug-likeness (QED) is 0.634. The molecule has 1 aromatic heterocycles. The van der Waals surface area contributed by atoms with Gasteiger partial charge in [0.25, 0.3) is 5.89 Å². The van der Waals surface area contributed by atoms with Gasteiger partial charge in [-0.1, -0.05) is 28.4 Å². The van der Waals surface area contributed by atoms with E-state index in [0.29, 0.717) is 16.4 Å². The Hall–Kier alpha value is -2.44. The van der Waals surface area contributed by atoms with E-state index in [4.69, 9.17) is 32.5 Å². The largest absolute Gasteiger partial charge is 0.452 e. The molecule has 0 saturated heterocycles. The topological polar surface area (TPSA) is 65.2 Å². The lowest BCUT2D eigenvalue weighted by Gasteiger charge is -2.03. The second kappa shape index (κ2) is 6.98. The Morgan fingerprint density at radius 3 is 2.58 bits per heavy atom. The highest BCUT2D eigenvalue weighted by atomic mass is 35.5. The molecule has 0 aliphatic rings. The molecule has 3 rings (SSSR count). The van der Waals surface area contributed by atoms with Gasteiger partial charge in [-0.3, -0.25) is 0 Å². The number of benzene rings is 2. The highest BCUT2D eigenvalue weighted by Crippen LogP contribution is 2.20. The number of carbonyl (C=O) groups excluding carboxylic acids is 1. The Labute approximate surface area is 146 Å². The normalized spacial score (nSPS) is 10.6. The Morgan fingerprint density at radius 2 is 1.83 bits per heavy atom. The van der Waals surface area contributed by atoms with Crippen molar-refractivity contribution in [2.24, 2.45) is 0 Å². The molecule has 0 spiro atoms. The van der Waals surface area contributed by atoms with Crippen molar-refractivity contribution in [3.05, 3.63) is 69.8 Å². The predicted octanol–water partition coefficient (Wildman–Crippen LogP) is 4.54. The fraction of sp³-hybridized carbons (Fsp3) is 0.0625. The lowest BCUT2D eigenvalue weighted by Crippen LogP contribution is -2.07. The predicted molar refractivity (Wildman–Crippen MR) is 85.3 cm³/mol. The van der Waals surface area contributed by atoms with Crippen molar-refractivity contribution in [1.29, 1.82) is 0 Å². The van der Waals surface area contributed by atoms with Crippen molar-refractivity contribution in [1.82, 2.24) is 10.1 Å². The molecule has 24 heavy (non-hydrogen) atoms. The van der Waals surface area contributed by atoms with Crippen LogP contribution in [0.15, 0.2) is 47.0 Å². The lowest BCUT2D eigenvalue weighted by molar-refractivity contribution is 0.0424. The zero-order valence-electron chi connectivity index (χ0n) is 12.0. The minimum Gasteiger partial charge on any atom is -0.452 e. The highest BCUT2D eigenvalue weighted by molar-refractivity contribution is 6.31. The van der Waals surface area contributed by atoms with Crippen LogP contribution in [0.1, 0.15) is 16.2 Å². The van der Waals surface area contributed by atoms with Gasteiger partial charge in [0, 0.05) is 15.6 Å². The summed E-state index contributed by atoms with van der Waals surface area (Å²) in [4.78, 5) is 16.0. The SMILES string of the molecule is O=C(OCc1nc(-c2ccc(Cl)cc2)no1)c1cc(Cl)ccc1F. The highest BCUT2D eigenvalue weighted by Gasteiger charge is 2.16.